The van der Waals surface area contributed by atoms with Crippen molar-refractivity contribution in [3.63, 3.8) is 0 Å². The summed E-state index contributed by atoms with van der Waals surface area (Å²) < 4.78 is 11.4. The Morgan fingerprint density at radius 2 is 1.91 bits per heavy atom. The fraction of sp³-hybridized carbons (Fsp3) is 0.458. The zero-order valence-electron chi connectivity index (χ0n) is 18.4. The van der Waals surface area contributed by atoms with Gasteiger partial charge in [-0.15, -0.1) is 12.4 Å². The van der Waals surface area contributed by atoms with Crippen LogP contribution in [0.4, 0.5) is 0 Å². The van der Waals surface area contributed by atoms with Gasteiger partial charge in [0.1, 0.15) is 11.5 Å². The highest BCUT2D eigenvalue weighted by atomic mass is 35.5. The molecule has 2 aliphatic rings. The highest BCUT2D eigenvalue weighted by molar-refractivity contribution is 6.42. The van der Waals surface area contributed by atoms with E-state index in [0.717, 1.165) is 31.7 Å². The molecule has 4 rings (SSSR count). The fourth-order valence-corrected chi connectivity index (χ4v) is 5.15. The van der Waals surface area contributed by atoms with Gasteiger partial charge in [-0.1, -0.05) is 35.3 Å². The third kappa shape index (κ3) is 5.12. The van der Waals surface area contributed by atoms with Crippen LogP contribution in [-0.2, 0) is 11.2 Å². The monoisotopic (exact) mass is 498 g/mol. The minimum absolute atomic E-state index is 0. The van der Waals surface area contributed by atoms with Crippen molar-refractivity contribution in [3.8, 4) is 11.5 Å². The quantitative estimate of drug-likeness (QED) is 0.533. The van der Waals surface area contributed by atoms with Gasteiger partial charge >= 0.3 is 0 Å². The molecule has 1 fully saturated rings. The van der Waals surface area contributed by atoms with Crippen LogP contribution < -0.4 is 9.47 Å². The number of ether oxygens (including phenoxy) is 2. The molecule has 0 N–H and O–H groups in total. The third-order valence-electron chi connectivity index (χ3n) is 6.44. The van der Waals surface area contributed by atoms with Gasteiger partial charge in [0.25, 0.3) is 5.91 Å². The van der Waals surface area contributed by atoms with E-state index < -0.39 is 0 Å². The molecule has 174 valence electrons. The summed E-state index contributed by atoms with van der Waals surface area (Å²) in [7, 11) is 3.58. The normalized spacial score (nSPS) is 20.2. The van der Waals surface area contributed by atoms with E-state index in [-0.39, 0.29) is 31.0 Å². The first-order chi connectivity index (χ1) is 15.0. The molecule has 1 heterocycles. The number of methoxy groups -OCH3 is 1. The molecule has 1 amide bonds. The summed E-state index contributed by atoms with van der Waals surface area (Å²) in [5.41, 5.74) is 2.38. The highest BCUT2D eigenvalue weighted by Crippen LogP contribution is 2.41. The Hall–Kier alpha value is -1.66. The van der Waals surface area contributed by atoms with Crippen LogP contribution in [0, 0.1) is 0 Å². The summed E-state index contributed by atoms with van der Waals surface area (Å²) in [5, 5.41) is 0.862. The maximum Gasteiger partial charge on any atom is 0.260 e. The smallest absolute Gasteiger partial charge is 0.260 e. The van der Waals surface area contributed by atoms with Crippen molar-refractivity contribution in [3.05, 3.63) is 57.6 Å². The Balaban J connectivity index is 0.00000289. The molecule has 2 aromatic carbocycles. The highest BCUT2D eigenvalue weighted by Gasteiger charge is 2.39. The summed E-state index contributed by atoms with van der Waals surface area (Å²) in [6.45, 7) is 2.11. The number of nitrogens with zero attached hydrogens (tertiary/aromatic N) is 2. The number of likely N-dealkylation sites (N-methyl/N-ethyl adjacent to an activating group) is 1. The van der Waals surface area contributed by atoms with E-state index in [4.69, 9.17) is 32.7 Å². The van der Waals surface area contributed by atoms with Crippen LogP contribution in [0.25, 0.3) is 0 Å². The van der Waals surface area contributed by atoms with Crippen molar-refractivity contribution in [2.75, 3.05) is 33.9 Å². The van der Waals surface area contributed by atoms with Crippen molar-refractivity contribution in [1.82, 2.24) is 9.80 Å². The predicted octanol–water partition coefficient (Wildman–Crippen LogP) is 5.41. The van der Waals surface area contributed by atoms with Crippen LogP contribution in [0.3, 0.4) is 0 Å². The van der Waals surface area contributed by atoms with E-state index in [1.165, 1.54) is 24.0 Å². The first kappa shape index (κ1) is 25.0. The first-order valence-electron chi connectivity index (χ1n) is 10.7. The molecule has 0 radical (unpaired) electrons. The molecule has 32 heavy (non-hydrogen) atoms. The second-order valence-corrected chi connectivity index (χ2v) is 9.01. The van der Waals surface area contributed by atoms with Gasteiger partial charge in [0.15, 0.2) is 6.61 Å². The van der Waals surface area contributed by atoms with Crippen LogP contribution >= 0.6 is 35.6 Å². The van der Waals surface area contributed by atoms with E-state index in [2.05, 4.69) is 11.0 Å². The molecule has 0 unspecified atom stereocenters. The average Bonchev–Trinajstić information content (AvgIpc) is 3.32. The number of rotatable bonds is 6. The standard InChI is InChI=1S/C24H28Cl2N2O3.ClH/c1-27(23(29)15-31-16-8-10-19(25)20(26)14-16)24-18-6-5-7-22(30-2)17(18)9-11-21(24)28-12-3-4-13-28;/h5-8,10,14,21,24H,3-4,9,11-13,15H2,1-2H3;1H/t21-,24-;/m0./s1. The maximum atomic E-state index is 13.2. The van der Waals surface area contributed by atoms with Crippen LogP contribution in [-0.4, -0.2) is 55.6 Å². The van der Waals surface area contributed by atoms with Gasteiger partial charge in [0.05, 0.1) is 23.2 Å². The van der Waals surface area contributed by atoms with E-state index in [0.29, 0.717) is 21.8 Å². The van der Waals surface area contributed by atoms with Crippen LogP contribution in [0.2, 0.25) is 10.0 Å². The van der Waals surface area contributed by atoms with Crippen molar-refractivity contribution in [1.29, 1.82) is 0 Å². The number of likely N-dealkylation sites (tertiary alicyclic amines) is 1. The summed E-state index contributed by atoms with van der Waals surface area (Å²) in [6, 6.07) is 11.4. The molecule has 1 aliphatic heterocycles. The van der Waals surface area contributed by atoms with Gasteiger partial charge in [-0.2, -0.15) is 0 Å². The second kappa shape index (κ2) is 11.0. The van der Waals surface area contributed by atoms with Gasteiger partial charge in [-0.05, 0) is 68.1 Å². The third-order valence-corrected chi connectivity index (χ3v) is 7.18. The van der Waals surface area contributed by atoms with Gasteiger partial charge in [-0.25, -0.2) is 0 Å². The predicted molar refractivity (Wildman–Crippen MR) is 131 cm³/mol. The van der Waals surface area contributed by atoms with Gasteiger partial charge < -0.3 is 14.4 Å². The largest absolute Gasteiger partial charge is 0.496 e. The van der Waals surface area contributed by atoms with Crippen molar-refractivity contribution in [2.24, 2.45) is 0 Å². The summed E-state index contributed by atoms with van der Waals surface area (Å²) in [6.07, 6.45) is 4.39. The Morgan fingerprint density at radius 1 is 1.16 bits per heavy atom. The SMILES string of the molecule is COc1cccc2c1CC[C@H](N1CCCC1)[C@H]2N(C)C(=O)COc1ccc(Cl)c(Cl)c1.Cl. The van der Waals surface area contributed by atoms with Crippen molar-refractivity contribution < 1.29 is 14.3 Å². The van der Waals surface area contributed by atoms with Gasteiger partial charge in [-0.3, -0.25) is 9.69 Å². The Kier molecular flexibility index (Phi) is 8.56. The molecule has 2 atom stereocenters. The lowest BCUT2D eigenvalue weighted by molar-refractivity contribution is -0.136. The van der Waals surface area contributed by atoms with Crippen LogP contribution in [0.5, 0.6) is 11.5 Å². The topological polar surface area (TPSA) is 42.0 Å². The summed E-state index contributed by atoms with van der Waals surface area (Å²) >= 11 is 12.0. The lowest BCUT2D eigenvalue weighted by Crippen LogP contribution is -2.49. The molecule has 1 aliphatic carbocycles. The van der Waals surface area contributed by atoms with E-state index in [1.807, 2.05) is 24.1 Å². The number of amides is 1. The van der Waals surface area contributed by atoms with Crippen LogP contribution in [0.1, 0.15) is 36.4 Å². The van der Waals surface area contributed by atoms with E-state index in [1.54, 1.807) is 25.3 Å². The summed E-state index contributed by atoms with van der Waals surface area (Å²) in [4.78, 5) is 17.6. The number of hydrogen-bond acceptors (Lipinski definition) is 4. The van der Waals surface area contributed by atoms with E-state index >= 15 is 0 Å². The second-order valence-electron chi connectivity index (χ2n) is 8.19. The molecular formula is C24H29Cl3N2O3. The molecule has 5 nitrogen and oxygen atoms in total. The lowest BCUT2D eigenvalue weighted by atomic mass is 9.82. The van der Waals surface area contributed by atoms with Crippen molar-refractivity contribution in [2.45, 2.75) is 37.8 Å². The number of carbonyl (C=O) groups is 1. The molecule has 0 saturated carbocycles. The molecule has 1 saturated heterocycles. The molecule has 8 heteroatoms. The maximum absolute atomic E-state index is 13.2. The molecule has 0 bridgehead atoms. The minimum Gasteiger partial charge on any atom is -0.496 e. The number of hydrogen-bond donors (Lipinski definition) is 0. The number of halogens is 3. The molecular weight excluding hydrogens is 471 g/mol. The lowest BCUT2D eigenvalue weighted by Gasteiger charge is -2.43. The number of benzene rings is 2. The number of carbonyl (C=O) groups excluding carboxylic acids is 1. The zero-order valence-corrected chi connectivity index (χ0v) is 20.7. The number of fused-ring (bicyclic) bond motifs is 1. The Morgan fingerprint density at radius 3 is 2.59 bits per heavy atom. The van der Waals surface area contributed by atoms with Gasteiger partial charge in [0, 0.05) is 19.2 Å². The first-order valence-corrected chi connectivity index (χ1v) is 11.5. The van der Waals surface area contributed by atoms with E-state index in [9.17, 15) is 4.79 Å². The van der Waals surface area contributed by atoms with Crippen molar-refractivity contribution >= 4 is 41.5 Å². The Bertz CT molecular complexity index is 950. The minimum atomic E-state index is -0.0732. The zero-order chi connectivity index (χ0) is 22.0. The molecule has 0 aromatic heterocycles. The fourth-order valence-electron chi connectivity index (χ4n) is 4.87. The van der Waals surface area contributed by atoms with Crippen LogP contribution in [0.15, 0.2) is 36.4 Å². The molecule has 0 spiro atoms. The molecule has 2 aromatic rings. The van der Waals surface area contributed by atoms with Gasteiger partial charge in [0.2, 0.25) is 0 Å². The average molecular weight is 500 g/mol. The summed E-state index contributed by atoms with van der Waals surface area (Å²) in [5.74, 6) is 1.35. The Labute approximate surface area is 206 Å².